The SMILES string of the molecule is CCCC1=C[C@](O)(C(F)(F)F)N(C(=O)[C@H](O)c2ccccc2)N1. The molecule has 0 spiro atoms. The van der Waals surface area contributed by atoms with Crippen LogP contribution in [0.15, 0.2) is 42.1 Å². The van der Waals surface area contributed by atoms with Gasteiger partial charge in [-0.25, -0.2) is 5.01 Å². The molecule has 0 radical (unpaired) electrons. The van der Waals surface area contributed by atoms with Crippen LogP contribution in [0.5, 0.6) is 0 Å². The lowest BCUT2D eigenvalue weighted by Crippen LogP contribution is -2.61. The van der Waals surface area contributed by atoms with Gasteiger partial charge >= 0.3 is 6.18 Å². The number of hydrogen-bond donors (Lipinski definition) is 3. The number of nitrogens with one attached hydrogen (secondary N) is 1. The molecule has 1 aromatic carbocycles. The number of alkyl halides is 3. The predicted octanol–water partition coefficient (Wildman–Crippen LogP) is 2.00. The van der Waals surface area contributed by atoms with Crippen molar-refractivity contribution in [3.8, 4) is 0 Å². The van der Waals surface area contributed by atoms with Crippen LogP contribution in [-0.2, 0) is 4.79 Å². The summed E-state index contributed by atoms with van der Waals surface area (Å²) >= 11 is 0. The maximum atomic E-state index is 13.2. The van der Waals surface area contributed by atoms with Crippen LogP contribution in [0.25, 0.3) is 0 Å². The van der Waals surface area contributed by atoms with Crippen molar-refractivity contribution in [1.82, 2.24) is 10.4 Å². The van der Waals surface area contributed by atoms with Crippen molar-refractivity contribution in [2.45, 2.75) is 37.8 Å². The number of halogens is 3. The van der Waals surface area contributed by atoms with Crippen LogP contribution in [-0.4, -0.2) is 33.0 Å². The quantitative estimate of drug-likeness (QED) is 0.790. The normalized spacial score (nSPS) is 22.5. The summed E-state index contributed by atoms with van der Waals surface area (Å²) < 4.78 is 39.7. The van der Waals surface area contributed by atoms with Gasteiger partial charge in [-0.1, -0.05) is 43.7 Å². The Morgan fingerprint density at radius 3 is 2.48 bits per heavy atom. The predicted molar refractivity (Wildman–Crippen MR) is 75.4 cm³/mol. The lowest BCUT2D eigenvalue weighted by molar-refractivity contribution is -0.290. The highest BCUT2D eigenvalue weighted by Gasteiger charge is 2.62. The number of carbonyl (C=O) groups excluding carboxylic acids is 1. The van der Waals surface area contributed by atoms with Crippen molar-refractivity contribution in [3.05, 3.63) is 47.7 Å². The highest BCUT2D eigenvalue weighted by Crippen LogP contribution is 2.39. The van der Waals surface area contributed by atoms with Crippen molar-refractivity contribution in [2.75, 3.05) is 0 Å². The van der Waals surface area contributed by atoms with E-state index in [4.69, 9.17) is 0 Å². The van der Waals surface area contributed by atoms with E-state index in [1.165, 1.54) is 12.1 Å². The molecule has 0 bridgehead atoms. The van der Waals surface area contributed by atoms with Crippen molar-refractivity contribution in [3.63, 3.8) is 0 Å². The van der Waals surface area contributed by atoms with Crippen molar-refractivity contribution in [2.24, 2.45) is 0 Å². The largest absolute Gasteiger partial charge is 0.442 e. The van der Waals surface area contributed by atoms with Crippen LogP contribution in [0.3, 0.4) is 0 Å². The van der Waals surface area contributed by atoms with Gasteiger partial charge in [0.15, 0.2) is 6.10 Å². The molecule has 0 fully saturated rings. The molecular formula is C15H17F3N2O3. The number of amides is 1. The Kier molecular flexibility index (Phi) is 4.67. The first kappa shape index (κ1) is 17.3. The Morgan fingerprint density at radius 2 is 1.96 bits per heavy atom. The average Bonchev–Trinajstić information content (AvgIpc) is 2.85. The molecule has 2 rings (SSSR count). The van der Waals surface area contributed by atoms with E-state index >= 15 is 0 Å². The molecule has 3 N–H and O–H groups in total. The van der Waals surface area contributed by atoms with Gasteiger partial charge in [0.2, 0.25) is 0 Å². The molecule has 1 heterocycles. The first-order valence-electron chi connectivity index (χ1n) is 7.05. The molecule has 0 aliphatic carbocycles. The number of benzene rings is 1. The minimum atomic E-state index is -5.11. The molecule has 23 heavy (non-hydrogen) atoms. The summed E-state index contributed by atoms with van der Waals surface area (Å²) in [5.41, 5.74) is -1.04. The molecule has 5 nitrogen and oxygen atoms in total. The van der Waals surface area contributed by atoms with E-state index in [1.807, 2.05) is 0 Å². The van der Waals surface area contributed by atoms with Gasteiger partial charge in [-0.05, 0) is 18.1 Å². The van der Waals surface area contributed by atoms with Crippen LogP contribution < -0.4 is 5.43 Å². The standard InChI is InChI=1S/C15H17F3N2O3/c1-2-6-11-9-14(23,15(16,17)18)20(19-11)13(22)12(21)10-7-4-3-5-8-10/h3-5,7-9,12,19,21,23H,2,6H2,1H3/t12-,14+/m1/s1. The van der Waals surface area contributed by atoms with Crippen molar-refractivity contribution < 1.29 is 28.2 Å². The number of rotatable bonds is 4. The van der Waals surface area contributed by atoms with E-state index in [9.17, 15) is 28.2 Å². The Bertz CT molecular complexity index is 604. The highest BCUT2D eigenvalue weighted by atomic mass is 19.4. The molecule has 2 atom stereocenters. The lowest BCUT2D eigenvalue weighted by Gasteiger charge is -2.34. The van der Waals surface area contributed by atoms with E-state index in [2.05, 4.69) is 5.43 Å². The fourth-order valence-electron chi connectivity index (χ4n) is 2.30. The van der Waals surface area contributed by atoms with E-state index in [-0.39, 0.29) is 22.7 Å². The zero-order chi connectivity index (χ0) is 17.3. The molecule has 0 saturated heterocycles. The lowest BCUT2D eigenvalue weighted by atomic mass is 10.1. The van der Waals surface area contributed by atoms with Crippen LogP contribution in [0.2, 0.25) is 0 Å². The first-order valence-corrected chi connectivity index (χ1v) is 7.05. The second-order valence-corrected chi connectivity index (χ2v) is 5.24. The zero-order valence-electron chi connectivity index (χ0n) is 12.3. The molecule has 1 aliphatic rings. The van der Waals surface area contributed by atoms with Gasteiger partial charge in [-0.2, -0.15) is 13.2 Å². The molecule has 0 unspecified atom stereocenters. The van der Waals surface area contributed by atoms with Crippen LogP contribution >= 0.6 is 0 Å². The maximum absolute atomic E-state index is 13.2. The van der Waals surface area contributed by atoms with Gasteiger partial charge in [-0.3, -0.25) is 10.2 Å². The van der Waals surface area contributed by atoms with Crippen molar-refractivity contribution in [1.29, 1.82) is 0 Å². The molecule has 1 aromatic rings. The Labute approximate surface area is 131 Å². The molecule has 0 aromatic heterocycles. The van der Waals surface area contributed by atoms with Crippen LogP contribution in [0, 0.1) is 0 Å². The summed E-state index contributed by atoms with van der Waals surface area (Å²) in [6.07, 6.45) is -5.63. The maximum Gasteiger partial charge on any atom is 0.442 e. The van der Waals surface area contributed by atoms with Crippen molar-refractivity contribution >= 4 is 5.91 Å². The molecule has 8 heteroatoms. The minimum Gasteiger partial charge on any atom is -0.378 e. The van der Waals surface area contributed by atoms with Gasteiger partial charge in [0.25, 0.3) is 11.6 Å². The van der Waals surface area contributed by atoms with Gasteiger partial charge < -0.3 is 10.2 Å². The molecule has 1 amide bonds. The van der Waals surface area contributed by atoms with E-state index < -0.39 is 23.9 Å². The summed E-state index contributed by atoms with van der Waals surface area (Å²) in [6.45, 7) is 1.75. The number of hydrogen-bond acceptors (Lipinski definition) is 4. The fraction of sp³-hybridized carbons (Fsp3) is 0.400. The summed E-state index contributed by atoms with van der Waals surface area (Å²) in [5, 5.41) is 20.0. The zero-order valence-corrected chi connectivity index (χ0v) is 12.3. The van der Waals surface area contributed by atoms with Crippen LogP contribution in [0.4, 0.5) is 13.2 Å². The first-order chi connectivity index (χ1) is 10.7. The smallest absolute Gasteiger partial charge is 0.378 e. The third-order valence-electron chi connectivity index (χ3n) is 3.48. The molecular weight excluding hydrogens is 313 g/mol. The number of carbonyl (C=O) groups is 1. The summed E-state index contributed by atoms with van der Waals surface area (Å²) in [6, 6.07) is 7.54. The number of aliphatic hydroxyl groups is 2. The van der Waals surface area contributed by atoms with Gasteiger partial charge in [0, 0.05) is 5.70 Å². The summed E-state index contributed by atoms with van der Waals surface area (Å²) in [5.74, 6) is -1.29. The number of allylic oxidation sites excluding steroid dienone is 1. The van der Waals surface area contributed by atoms with Gasteiger partial charge in [0.05, 0.1) is 0 Å². The Morgan fingerprint density at radius 1 is 1.35 bits per heavy atom. The van der Waals surface area contributed by atoms with E-state index in [1.54, 1.807) is 25.1 Å². The topological polar surface area (TPSA) is 72.8 Å². The second kappa shape index (κ2) is 6.21. The molecule has 126 valence electrons. The second-order valence-electron chi connectivity index (χ2n) is 5.24. The van der Waals surface area contributed by atoms with Gasteiger partial charge in [0.1, 0.15) is 0 Å². The molecule has 1 aliphatic heterocycles. The summed E-state index contributed by atoms with van der Waals surface area (Å²) in [7, 11) is 0. The Balaban J connectivity index is 2.32. The van der Waals surface area contributed by atoms with Crippen LogP contribution in [0.1, 0.15) is 31.4 Å². The third-order valence-corrected chi connectivity index (χ3v) is 3.48. The fourth-order valence-corrected chi connectivity index (χ4v) is 2.30. The molecule has 0 saturated carbocycles. The van der Waals surface area contributed by atoms with E-state index in [0.717, 1.165) is 0 Å². The minimum absolute atomic E-state index is 0.0374. The average molecular weight is 330 g/mol. The monoisotopic (exact) mass is 330 g/mol. The Hall–Kier alpha value is -2.06. The van der Waals surface area contributed by atoms with Gasteiger partial charge in [-0.15, -0.1) is 0 Å². The highest BCUT2D eigenvalue weighted by molar-refractivity contribution is 5.83. The summed E-state index contributed by atoms with van der Waals surface area (Å²) in [4.78, 5) is 12.3. The number of nitrogens with zero attached hydrogens (tertiary/aromatic N) is 1. The van der Waals surface area contributed by atoms with E-state index in [0.29, 0.717) is 12.5 Å². The third kappa shape index (κ3) is 3.18. The number of aliphatic hydroxyl groups excluding tert-OH is 1. The number of hydrazine groups is 1.